The number of nitrogens with zero attached hydrogens (tertiary/aromatic N) is 1. The lowest BCUT2D eigenvalue weighted by Crippen LogP contribution is -2.38. The van der Waals surface area contributed by atoms with Crippen LogP contribution in [0.3, 0.4) is 0 Å². The molecule has 2 rings (SSSR count). The normalized spacial score (nSPS) is 17.0. The van der Waals surface area contributed by atoms with E-state index in [1.807, 2.05) is 0 Å². The average molecular weight is 304 g/mol. The molecule has 120 valence electrons. The van der Waals surface area contributed by atoms with E-state index in [1.54, 1.807) is 18.2 Å². The van der Waals surface area contributed by atoms with Crippen molar-refractivity contribution in [3.8, 4) is 0 Å². The van der Waals surface area contributed by atoms with Crippen molar-refractivity contribution in [2.75, 3.05) is 26.2 Å². The first-order valence-corrected chi connectivity index (χ1v) is 8.12. The van der Waals surface area contributed by atoms with Gasteiger partial charge in [-0.15, -0.1) is 0 Å². The lowest BCUT2D eigenvalue weighted by molar-refractivity contribution is -0.116. The highest BCUT2D eigenvalue weighted by Gasteiger charge is 2.18. The minimum Gasteiger partial charge on any atom is -0.352 e. The van der Waals surface area contributed by atoms with Crippen molar-refractivity contribution in [2.24, 2.45) is 5.92 Å². The standard InChI is InChI=1S/C18H25FN2O/c1-2-11-21-12-9-15(10-13-21)14-20-18(22)8-7-16-5-3-4-6-17(16)19/h3-8,15H,2,9-14H2,1H3,(H,20,22). The number of benzene rings is 1. The van der Waals surface area contributed by atoms with Crippen molar-refractivity contribution < 1.29 is 9.18 Å². The fraction of sp³-hybridized carbons (Fsp3) is 0.500. The molecule has 22 heavy (non-hydrogen) atoms. The van der Waals surface area contributed by atoms with Gasteiger partial charge in [0.15, 0.2) is 0 Å². The minimum absolute atomic E-state index is 0.153. The van der Waals surface area contributed by atoms with Crippen LogP contribution < -0.4 is 5.32 Å². The first-order valence-electron chi connectivity index (χ1n) is 8.12. The topological polar surface area (TPSA) is 32.3 Å². The molecule has 1 heterocycles. The van der Waals surface area contributed by atoms with Gasteiger partial charge < -0.3 is 10.2 Å². The summed E-state index contributed by atoms with van der Waals surface area (Å²) < 4.78 is 13.4. The van der Waals surface area contributed by atoms with Gasteiger partial charge in [0.1, 0.15) is 5.82 Å². The molecule has 0 atom stereocenters. The van der Waals surface area contributed by atoms with Gasteiger partial charge in [-0.2, -0.15) is 0 Å². The Kier molecular flexibility index (Phi) is 6.59. The summed E-state index contributed by atoms with van der Waals surface area (Å²) in [6.07, 6.45) is 6.40. The van der Waals surface area contributed by atoms with E-state index >= 15 is 0 Å². The molecule has 1 aliphatic heterocycles. The van der Waals surface area contributed by atoms with Gasteiger partial charge in [0.2, 0.25) is 5.91 Å². The Morgan fingerprint density at radius 3 is 2.77 bits per heavy atom. The zero-order valence-corrected chi connectivity index (χ0v) is 13.2. The Morgan fingerprint density at radius 2 is 2.09 bits per heavy atom. The zero-order valence-electron chi connectivity index (χ0n) is 13.2. The SMILES string of the molecule is CCCN1CCC(CNC(=O)C=Cc2ccccc2F)CC1. The van der Waals surface area contributed by atoms with E-state index in [0.717, 1.165) is 25.9 Å². The van der Waals surface area contributed by atoms with Crippen LogP contribution in [-0.4, -0.2) is 37.0 Å². The van der Waals surface area contributed by atoms with Gasteiger partial charge in [-0.25, -0.2) is 4.39 Å². The van der Waals surface area contributed by atoms with E-state index in [4.69, 9.17) is 0 Å². The highest BCUT2D eigenvalue weighted by atomic mass is 19.1. The molecule has 0 spiro atoms. The lowest BCUT2D eigenvalue weighted by atomic mass is 9.96. The molecule has 1 fully saturated rings. The fourth-order valence-electron chi connectivity index (χ4n) is 2.81. The molecule has 1 saturated heterocycles. The van der Waals surface area contributed by atoms with Crippen LogP contribution in [0, 0.1) is 11.7 Å². The summed E-state index contributed by atoms with van der Waals surface area (Å²) in [4.78, 5) is 14.3. The van der Waals surface area contributed by atoms with Crippen LogP contribution in [0.1, 0.15) is 31.7 Å². The maximum Gasteiger partial charge on any atom is 0.244 e. The number of hydrogen-bond donors (Lipinski definition) is 1. The van der Waals surface area contributed by atoms with E-state index in [2.05, 4.69) is 17.1 Å². The Hall–Kier alpha value is -1.68. The number of hydrogen-bond acceptors (Lipinski definition) is 2. The number of amides is 1. The van der Waals surface area contributed by atoms with Gasteiger partial charge in [0.25, 0.3) is 0 Å². The molecule has 0 aliphatic carbocycles. The van der Waals surface area contributed by atoms with Crippen molar-refractivity contribution >= 4 is 12.0 Å². The molecule has 0 saturated carbocycles. The molecular weight excluding hydrogens is 279 g/mol. The molecule has 1 amide bonds. The highest BCUT2D eigenvalue weighted by Crippen LogP contribution is 2.16. The van der Waals surface area contributed by atoms with Crippen LogP contribution in [-0.2, 0) is 4.79 Å². The molecule has 0 radical (unpaired) electrons. The summed E-state index contributed by atoms with van der Waals surface area (Å²) >= 11 is 0. The molecule has 1 aliphatic rings. The molecule has 1 aromatic carbocycles. The summed E-state index contributed by atoms with van der Waals surface area (Å²) in [6, 6.07) is 6.44. The van der Waals surface area contributed by atoms with Crippen LogP contribution >= 0.6 is 0 Å². The number of nitrogens with one attached hydrogen (secondary N) is 1. The van der Waals surface area contributed by atoms with E-state index < -0.39 is 0 Å². The number of likely N-dealkylation sites (tertiary alicyclic amines) is 1. The predicted octanol–water partition coefficient (Wildman–Crippen LogP) is 3.08. The molecule has 0 aromatic heterocycles. The van der Waals surface area contributed by atoms with Crippen LogP contribution in [0.4, 0.5) is 4.39 Å². The van der Waals surface area contributed by atoms with Gasteiger partial charge >= 0.3 is 0 Å². The average Bonchev–Trinajstić information content (AvgIpc) is 2.54. The van der Waals surface area contributed by atoms with Crippen LogP contribution in [0.15, 0.2) is 30.3 Å². The largest absolute Gasteiger partial charge is 0.352 e. The second-order valence-corrected chi connectivity index (χ2v) is 5.89. The second-order valence-electron chi connectivity index (χ2n) is 5.89. The highest BCUT2D eigenvalue weighted by molar-refractivity contribution is 5.91. The molecule has 1 N–H and O–H groups in total. The van der Waals surface area contributed by atoms with Gasteiger partial charge in [-0.3, -0.25) is 4.79 Å². The number of halogens is 1. The summed E-state index contributed by atoms with van der Waals surface area (Å²) in [5.41, 5.74) is 0.436. The van der Waals surface area contributed by atoms with Crippen molar-refractivity contribution in [1.29, 1.82) is 0 Å². The minimum atomic E-state index is -0.310. The molecule has 4 heteroatoms. The summed E-state index contributed by atoms with van der Waals surface area (Å²) in [5, 5.41) is 2.92. The first-order chi connectivity index (χ1) is 10.7. The zero-order chi connectivity index (χ0) is 15.8. The smallest absolute Gasteiger partial charge is 0.244 e. The third-order valence-corrected chi connectivity index (χ3v) is 4.13. The Labute approximate surface area is 132 Å². The summed E-state index contributed by atoms with van der Waals surface area (Å²) in [5.74, 6) is 0.0907. The number of piperidine rings is 1. The van der Waals surface area contributed by atoms with Crippen LogP contribution in [0.25, 0.3) is 6.08 Å². The molecule has 0 unspecified atom stereocenters. The van der Waals surface area contributed by atoms with E-state index in [0.29, 0.717) is 18.0 Å². The molecule has 0 bridgehead atoms. The van der Waals surface area contributed by atoms with Gasteiger partial charge in [0.05, 0.1) is 0 Å². The second kappa shape index (κ2) is 8.69. The van der Waals surface area contributed by atoms with E-state index in [9.17, 15) is 9.18 Å². The summed E-state index contributed by atoms with van der Waals surface area (Å²) in [6.45, 7) is 6.33. The molecule has 1 aromatic rings. The van der Waals surface area contributed by atoms with Crippen molar-refractivity contribution in [2.45, 2.75) is 26.2 Å². The van der Waals surface area contributed by atoms with Crippen LogP contribution in [0.5, 0.6) is 0 Å². The number of rotatable bonds is 6. The van der Waals surface area contributed by atoms with E-state index in [-0.39, 0.29) is 11.7 Å². The Bertz CT molecular complexity index is 508. The Balaban J connectivity index is 1.71. The number of carbonyl (C=O) groups excluding carboxylic acids is 1. The Morgan fingerprint density at radius 1 is 1.36 bits per heavy atom. The lowest BCUT2D eigenvalue weighted by Gasteiger charge is -2.31. The van der Waals surface area contributed by atoms with Gasteiger partial charge in [0, 0.05) is 18.2 Å². The van der Waals surface area contributed by atoms with Crippen LogP contribution in [0.2, 0.25) is 0 Å². The molecule has 3 nitrogen and oxygen atoms in total. The third kappa shape index (κ3) is 5.26. The third-order valence-electron chi connectivity index (χ3n) is 4.13. The maximum atomic E-state index is 13.4. The maximum absolute atomic E-state index is 13.4. The van der Waals surface area contributed by atoms with Crippen molar-refractivity contribution in [1.82, 2.24) is 10.2 Å². The van der Waals surface area contributed by atoms with Crippen molar-refractivity contribution in [3.63, 3.8) is 0 Å². The quantitative estimate of drug-likeness (QED) is 0.819. The van der Waals surface area contributed by atoms with Gasteiger partial charge in [-0.05, 0) is 57.0 Å². The molecular formula is C18H25FN2O. The summed E-state index contributed by atoms with van der Waals surface area (Å²) in [7, 11) is 0. The predicted molar refractivity (Wildman–Crippen MR) is 87.9 cm³/mol. The fourth-order valence-corrected chi connectivity index (χ4v) is 2.81. The van der Waals surface area contributed by atoms with Crippen molar-refractivity contribution in [3.05, 3.63) is 41.7 Å². The first kappa shape index (κ1) is 16.7. The van der Waals surface area contributed by atoms with E-state index in [1.165, 1.54) is 31.2 Å². The number of carbonyl (C=O) groups is 1. The monoisotopic (exact) mass is 304 g/mol. The van der Waals surface area contributed by atoms with Gasteiger partial charge in [-0.1, -0.05) is 25.1 Å².